The molecule has 0 radical (unpaired) electrons. The minimum Gasteiger partial charge on any atom is -0.497 e. The van der Waals surface area contributed by atoms with E-state index in [-0.39, 0.29) is 12.3 Å². The summed E-state index contributed by atoms with van der Waals surface area (Å²) in [6.45, 7) is 2.40. The number of amides is 1. The topological polar surface area (TPSA) is 122 Å². The third kappa shape index (κ3) is 6.69. The van der Waals surface area contributed by atoms with Crippen LogP contribution in [0.1, 0.15) is 28.7 Å². The highest BCUT2D eigenvalue weighted by Gasteiger charge is 2.13. The number of pyridine rings is 1. The van der Waals surface area contributed by atoms with E-state index in [1.165, 1.54) is 6.20 Å². The van der Waals surface area contributed by atoms with Gasteiger partial charge in [-0.15, -0.1) is 0 Å². The van der Waals surface area contributed by atoms with Crippen LogP contribution in [0.3, 0.4) is 0 Å². The zero-order valence-corrected chi connectivity index (χ0v) is 20.2. The molecule has 3 aromatic rings. The second kappa shape index (κ2) is 12.4. The van der Waals surface area contributed by atoms with Crippen LogP contribution in [0.2, 0.25) is 0 Å². The maximum Gasteiger partial charge on any atom is 0.254 e. The number of alkyl halides is 1. The lowest BCUT2D eigenvalue weighted by molar-refractivity contribution is 0.0963. The highest BCUT2D eigenvalue weighted by Crippen LogP contribution is 2.26. The van der Waals surface area contributed by atoms with Gasteiger partial charge in [0, 0.05) is 56.5 Å². The molecule has 1 aromatic carbocycles. The zero-order valence-electron chi connectivity index (χ0n) is 20.2. The summed E-state index contributed by atoms with van der Waals surface area (Å²) in [6, 6.07) is 8.97. The summed E-state index contributed by atoms with van der Waals surface area (Å²) in [5, 5.41) is 12.1. The zero-order chi connectivity index (χ0) is 25.2. The fourth-order valence-corrected chi connectivity index (χ4v) is 3.34. The smallest absolute Gasteiger partial charge is 0.254 e. The number of anilines is 4. The van der Waals surface area contributed by atoms with Gasteiger partial charge >= 0.3 is 0 Å². The Morgan fingerprint density at radius 3 is 2.51 bits per heavy atom. The molecule has 2 heterocycles. The van der Waals surface area contributed by atoms with Crippen molar-refractivity contribution in [3.05, 3.63) is 53.5 Å². The van der Waals surface area contributed by atoms with Gasteiger partial charge in [-0.25, -0.2) is 15.0 Å². The average molecular weight is 484 g/mol. The maximum atomic E-state index is 13.1. The molecule has 0 spiro atoms. The molecule has 0 aliphatic heterocycles. The molecule has 0 unspecified atom stereocenters. The number of aromatic nitrogens is 3. The highest BCUT2D eigenvalue weighted by atomic mass is 19.1. The summed E-state index contributed by atoms with van der Waals surface area (Å²) in [7, 11) is 4.75. The van der Waals surface area contributed by atoms with E-state index in [0.29, 0.717) is 59.1 Å². The molecule has 3 rings (SSSR count). The molecule has 0 saturated heterocycles. The van der Waals surface area contributed by atoms with E-state index in [1.54, 1.807) is 39.5 Å². The number of methoxy groups -OCH3 is 2. The number of nitrogens with zero attached hydrogens (tertiary/aromatic N) is 3. The molecule has 0 saturated carbocycles. The second-order valence-corrected chi connectivity index (χ2v) is 7.37. The van der Waals surface area contributed by atoms with E-state index in [0.717, 1.165) is 5.56 Å². The molecule has 1 amide bonds. The van der Waals surface area contributed by atoms with E-state index >= 15 is 0 Å². The fourth-order valence-electron chi connectivity index (χ4n) is 3.34. The monoisotopic (exact) mass is 483 g/mol. The van der Waals surface area contributed by atoms with Gasteiger partial charge in [0.05, 0.1) is 32.1 Å². The number of hydrogen-bond donors (Lipinski definition) is 4. The van der Waals surface area contributed by atoms with E-state index in [2.05, 4.69) is 36.2 Å². The summed E-state index contributed by atoms with van der Waals surface area (Å²) in [4.78, 5) is 25.3. The van der Waals surface area contributed by atoms with Crippen LogP contribution in [-0.4, -0.2) is 55.3 Å². The molecule has 186 valence electrons. The number of carbonyl (C=O) groups excluding carboxylic acids is 1. The normalized spacial score (nSPS) is 10.4. The second-order valence-electron chi connectivity index (χ2n) is 7.37. The number of nitrogens with one attached hydrogen (secondary N) is 4. The standard InChI is InChI=1S/C24H30FN7O3/c1-5-27-18-11-21(29-14-17(18)24(33)26-2)32-23-12-22(30-20(31-23)8-9-25)28-13-15-6-7-16(34-3)10-19(15)35-4/h6-7,10-12,14H,5,8-9,13H2,1-4H3,(H,26,33)(H3,27,28,29,30,31,32). The van der Waals surface area contributed by atoms with Crippen LogP contribution >= 0.6 is 0 Å². The number of benzene rings is 1. The first-order valence-electron chi connectivity index (χ1n) is 11.1. The predicted molar refractivity (Wildman–Crippen MR) is 134 cm³/mol. The van der Waals surface area contributed by atoms with Crippen molar-refractivity contribution in [2.75, 3.05) is 50.4 Å². The lowest BCUT2D eigenvalue weighted by atomic mass is 10.2. The molecule has 35 heavy (non-hydrogen) atoms. The first kappa shape index (κ1) is 25.5. The highest BCUT2D eigenvalue weighted by molar-refractivity contribution is 5.99. The van der Waals surface area contributed by atoms with Gasteiger partial charge in [0.15, 0.2) is 0 Å². The van der Waals surface area contributed by atoms with Crippen molar-refractivity contribution >= 4 is 29.0 Å². The Morgan fingerprint density at radius 1 is 1.03 bits per heavy atom. The Balaban J connectivity index is 1.84. The third-order valence-electron chi connectivity index (χ3n) is 5.04. The number of ether oxygens (including phenoxy) is 2. The Morgan fingerprint density at radius 2 is 1.83 bits per heavy atom. The van der Waals surface area contributed by atoms with Gasteiger partial charge in [-0.1, -0.05) is 0 Å². The summed E-state index contributed by atoms with van der Waals surface area (Å²) < 4.78 is 23.8. The number of aryl methyl sites for hydroxylation is 1. The molecule has 4 N–H and O–H groups in total. The molecule has 2 aromatic heterocycles. The van der Waals surface area contributed by atoms with E-state index in [1.807, 2.05) is 19.1 Å². The number of hydrogen-bond acceptors (Lipinski definition) is 9. The van der Waals surface area contributed by atoms with E-state index < -0.39 is 6.67 Å². The molecule has 0 bridgehead atoms. The van der Waals surface area contributed by atoms with Gasteiger partial charge in [-0.05, 0) is 19.1 Å². The van der Waals surface area contributed by atoms with Gasteiger partial charge in [-0.3, -0.25) is 9.18 Å². The number of carbonyl (C=O) groups is 1. The summed E-state index contributed by atoms with van der Waals surface area (Å²) in [5.74, 6) is 2.89. The molecule has 0 aliphatic carbocycles. The Kier molecular flexibility index (Phi) is 8.99. The first-order chi connectivity index (χ1) is 17.0. The molecule has 11 heteroatoms. The quantitative estimate of drug-likeness (QED) is 0.306. The van der Waals surface area contributed by atoms with Gasteiger partial charge in [0.2, 0.25) is 0 Å². The molecule has 0 atom stereocenters. The summed E-state index contributed by atoms with van der Waals surface area (Å²) in [6.07, 6.45) is 1.56. The Labute approximate surface area is 203 Å². The number of rotatable bonds is 12. The summed E-state index contributed by atoms with van der Waals surface area (Å²) in [5.41, 5.74) is 1.96. The van der Waals surface area contributed by atoms with Crippen LogP contribution in [0, 0.1) is 0 Å². The number of halogens is 1. The lowest BCUT2D eigenvalue weighted by Gasteiger charge is -2.14. The van der Waals surface area contributed by atoms with Crippen molar-refractivity contribution in [2.24, 2.45) is 0 Å². The minimum atomic E-state index is -0.584. The van der Waals surface area contributed by atoms with Gasteiger partial charge in [0.1, 0.15) is 34.8 Å². The van der Waals surface area contributed by atoms with Crippen molar-refractivity contribution < 1.29 is 18.7 Å². The fraction of sp³-hybridized carbons (Fsp3) is 0.333. The van der Waals surface area contributed by atoms with Crippen molar-refractivity contribution in [3.63, 3.8) is 0 Å². The van der Waals surface area contributed by atoms with Crippen molar-refractivity contribution in [3.8, 4) is 11.5 Å². The van der Waals surface area contributed by atoms with Crippen molar-refractivity contribution in [1.82, 2.24) is 20.3 Å². The van der Waals surface area contributed by atoms with Crippen molar-refractivity contribution in [1.29, 1.82) is 0 Å². The molecule has 10 nitrogen and oxygen atoms in total. The molecule has 0 aliphatic rings. The molecular weight excluding hydrogens is 453 g/mol. The van der Waals surface area contributed by atoms with Crippen LogP contribution in [0.5, 0.6) is 11.5 Å². The van der Waals surface area contributed by atoms with E-state index in [9.17, 15) is 9.18 Å². The lowest BCUT2D eigenvalue weighted by Crippen LogP contribution is -2.20. The molecule has 0 fully saturated rings. The van der Waals surface area contributed by atoms with Crippen LogP contribution < -0.4 is 30.7 Å². The first-order valence-corrected chi connectivity index (χ1v) is 11.1. The predicted octanol–water partition coefficient (Wildman–Crippen LogP) is 3.55. The minimum absolute atomic E-state index is 0.0712. The SMILES string of the molecule is CCNc1cc(Nc2cc(NCc3ccc(OC)cc3OC)nc(CCF)n2)ncc1C(=O)NC. The van der Waals surface area contributed by atoms with Crippen LogP contribution in [0.15, 0.2) is 36.5 Å². The van der Waals surface area contributed by atoms with Crippen molar-refractivity contribution in [2.45, 2.75) is 19.9 Å². The molecular formula is C24H30FN7O3. The Hall–Kier alpha value is -4.15. The third-order valence-corrected chi connectivity index (χ3v) is 5.04. The van der Waals surface area contributed by atoms with Gasteiger partial charge < -0.3 is 30.7 Å². The van der Waals surface area contributed by atoms with Crippen LogP contribution in [0.4, 0.5) is 27.5 Å². The Bertz CT molecular complexity index is 1160. The van der Waals surface area contributed by atoms with Gasteiger partial charge in [0.25, 0.3) is 5.91 Å². The van der Waals surface area contributed by atoms with E-state index in [4.69, 9.17) is 9.47 Å². The maximum absolute atomic E-state index is 13.1. The van der Waals surface area contributed by atoms with Crippen LogP contribution in [0.25, 0.3) is 0 Å². The van der Waals surface area contributed by atoms with Gasteiger partial charge in [-0.2, -0.15) is 0 Å². The van der Waals surface area contributed by atoms with Crippen LogP contribution in [-0.2, 0) is 13.0 Å². The summed E-state index contributed by atoms with van der Waals surface area (Å²) >= 11 is 0. The average Bonchev–Trinajstić information content (AvgIpc) is 2.87. The largest absolute Gasteiger partial charge is 0.497 e.